The molecule has 4 aromatic rings. The van der Waals surface area contributed by atoms with Crippen molar-refractivity contribution in [1.29, 1.82) is 0 Å². The van der Waals surface area contributed by atoms with E-state index in [0.717, 1.165) is 41.7 Å². The third kappa shape index (κ3) is 3.19. The molecule has 1 atom stereocenters. The Labute approximate surface area is 178 Å². The van der Waals surface area contributed by atoms with E-state index in [-0.39, 0.29) is 11.8 Å². The van der Waals surface area contributed by atoms with Crippen molar-refractivity contribution in [2.45, 2.75) is 25.3 Å². The van der Waals surface area contributed by atoms with Gasteiger partial charge in [-0.1, -0.05) is 18.2 Å². The number of oxazole rings is 1. The molecule has 0 N–H and O–H groups in total. The van der Waals surface area contributed by atoms with E-state index in [1.807, 2.05) is 41.0 Å². The fraction of sp³-hybridized carbons (Fsp3) is 0.304. The van der Waals surface area contributed by atoms with E-state index in [2.05, 4.69) is 15.0 Å². The van der Waals surface area contributed by atoms with Gasteiger partial charge in [0.1, 0.15) is 23.3 Å². The van der Waals surface area contributed by atoms with Crippen molar-refractivity contribution >= 4 is 17.1 Å². The van der Waals surface area contributed by atoms with Crippen molar-refractivity contribution in [2.24, 2.45) is 0 Å². The molecule has 0 aliphatic carbocycles. The molecule has 3 aromatic heterocycles. The molecule has 31 heavy (non-hydrogen) atoms. The molecule has 2 aliphatic rings. The zero-order chi connectivity index (χ0) is 20.8. The molecule has 2 aliphatic heterocycles. The van der Waals surface area contributed by atoms with Gasteiger partial charge in [0.25, 0.3) is 5.91 Å². The van der Waals surface area contributed by atoms with Crippen molar-refractivity contribution in [3.8, 4) is 5.69 Å². The SMILES string of the molecule is O=C(c1cnc2c(c1)ncn2-c1ccccc1)N1CCc2oc(C3CCOC3)nc2C1. The Kier molecular flexibility index (Phi) is 4.31. The predicted octanol–water partition coefficient (Wildman–Crippen LogP) is 3.11. The highest BCUT2D eigenvalue weighted by Gasteiger charge is 2.30. The first kappa shape index (κ1) is 18.3. The predicted molar refractivity (Wildman–Crippen MR) is 112 cm³/mol. The fourth-order valence-corrected chi connectivity index (χ4v) is 4.27. The summed E-state index contributed by atoms with van der Waals surface area (Å²) >= 11 is 0. The summed E-state index contributed by atoms with van der Waals surface area (Å²) in [6.07, 6.45) is 4.97. The second-order valence-corrected chi connectivity index (χ2v) is 7.98. The maximum absolute atomic E-state index is 13.2. The van der Waals surface area contributed by atoms with Crippen LogP contribution in [-0.2, 0) is 17.7 Å². The van der Waals surface area contributed by atoms with Gasteiger partial charge in [-0.15, -0.1) is 0 Å². The van der Waals surface area contributed by atoms with Crippen LogP contribution in [0.5, 0.6) is 0 Å². The van der Waals surface area contributed by atoms with Gasteiger partial charge >= 0.3 is 0 Å². The molecule has 156 valence electrons. The molecule has 8 nitrogen and oxygen atoms in total. The van der Waals surface area contributed by atoms with Crippen LogP contribution in [0.1, 0.15) is 40.0 Å². The van der Waals surface area contributed by atoms with Crippen LogP contribution < -0.4 is 0 Å². The summed E-state index contributed by atoms with van der Waals surface area (Å²) < 4.78 is 13.3. The van der Waals surface area contributed by atoms with E-state index >= 15 is 0 Å². The molecular weight excluding hydrogens is 394 g/mol. The lowest BCUT2D eigenvalue weighted by Crippen LogP contribution is -2.35. The van der Waals surface area contributed by atoms with Crippen molar-refractivity contribution in [1.82, 2.24) is 24.4 Å². The summed E-state index contributed by atoms with van der Waals surface area (Å²) in [5.41, 5.74) is 3.78. The number of carbonyl (C=O) groups excluding carboxylic acids is 1. The smallest absolute Gasteiger partial charge is 0.255 e. The maximum Gasteiger partial charge on any atom is 0.255 e. The third-order valence-electron chi connectivity index (χ3n) is 5.98. The molecular formula is C23H21N5O3. The maximum atomic E-state index is 13.2. The van der Waals surface area contributed by atoms with Gasteiger partial charge in [0.2, 0.25) is 0 Å². The Bertz CT molecular complexity index is 1260. The number of benzene rings is 1. The lowest BCUT2D eigenvalue weighted by Gasteiger charge is -2.25. The lowest BCUT2D eigenvalue weighted by atomic mass is 10.1. The average Bonchev–Trinajstić information content (AvgIpc) is 3.57. The summed E-state index contributed by atoms with van der Waals surface area (Å²) in [5, 5.41) is 0. The number of aromatic nitrogens is 4. The summed E-state index contributed by atoms with van der Waals surface area (Å²) in [6, 6.07) is 11.7. The van der Waals surface area contributed by atoms with Gasteiger partial charge in [-0.25, -0.2) is 15.0 Å². The highest BCUT2D eigenvalue weighted by atomic mass is 16.5. The van der Waals surface area contributed by atoms with Gasteiger partial charge < -0.3 is 14.1 Å². The van der Waals surface area contributed by atoms with Crippen LogP contribution in [0.2, 0.25) is 0 Å². The fourth-order valence-electron chi connectivity index (χ4n) is 4.27. The molecule has 0 bridgehead atoms. The number of carbonyl (C=O) groups is 1. The van der Waals surface area contributed by atoms with Crippen LogP contribution in [0.25, 0.3) is 16.9 Å². The van der Waals surface area contributed by atoms with Crippen molar-refractivity contribution in [3.05, 3.63) is 71.8 Å². The standard InChI is InChI=1S/C23H21N5O3/c29-23(27-8-6-20-19(12-27)26-22(31-20)15-7-9-30-13-15)16-10-18-21(24-11-16)28(14-25-18)17-4-2-1-3-5-17/h1-5,10-11,14-15H,6-9,12-13H2. The Morgan fingerprint density at radius 3 is 2.90 bits per heavy atom. The van der Waals surface area contributed by atoms with Crippen LogP contribution in [0, 0.1) is 0 Å². The summed E-state index contributed by atoms with van der Waals surface area (Å²) in [6.45, 7) is 2.45. The zero-order valence-electron chi connectivity index (χ0n) is 16.9. The van der Waals surface area contributed by atoms with E-state index in [1.54, 1.807) is 17.4 Å². The van der Waals surface area contributed by atoms with E-state index in [0.29, 0.717) is 37.2 Å². The number of ether oxygens (including phenoxy) is 1. The van der Waals surface area contributed by atoms with E-state index < -0.39 is 0 Å². The number of hydrogen-bond donors (Lipinski definition) is 0. The number of imidazole rings is 1. The Morgan fingerprint density at radius 1 is 1.16 bits per heavy atom. The number of rotatable bonds is 3. The van der Waals surface area contributed by atoms with Crippen LogP contribution in [-0.4, -0.2) is 50.1 Å². The second kappa shape index (κ2) is 7.31. The van der Waals surface area contributed by atoms with Gasteiger partial charge in [-0.2, -0.15) is 0 Å². The summed E-state index contributed by atoms with van der Waals surface area (Å²) in [4.78, 5) is 28.6. The number of nitrogens with zero attached hydrogens (tertiary/aromatic N) is 5. The molecule has 0 saturated carbocycles. The molecule has 0 radical (unpaired) electrons. The monoisotopic (exact) mass is 415 g/mol. The number of hydrogen-bond acceptors (Lipinski definition) is 6. The van der Waals surface area contributed by atoms with Gasteiger partial charge in [0.05, 0.1) is 24.6 Å². The van der Waals surface area contributed by atoms with Crippen molar-refractivity contribution in [3.63, 3.8) is 0 Å². The quantitative estimate of drug-likeness (QED) is 0.511. The molecule has 8 heteroatoms. The Balaban J connectivity index is 1.24. The zero-order valence-corrected chi connectivity index (χ0v) is 16.9. The minimum atomic E-state index is -0.0666. The van der Waals surface area contributed by atoms with Crippen LogP contribution in [0.15, 0.2) is 53.3 Å². The summed E-state index contributed by atoms with van der Waals surface area (Å²) in [7, 11) is 0. The van der Waals surface area contributed by atoms with E-state index in [4.69, 9.17) is 9.15 Å². The molecule has 1 saturated heterocycles. The van der Waals surface area contributed by atoms with Gasteiger partial charge in [0, 0.05) is 31.5 Å². The number of pyridine rings is 1. The van der Waals surface area contributed by atoms with Crippen LogP contribution in [0.3, 0.4) is 0 Å². The average molecular weight is 415 g/mol. The second-order valence-electron chi connectivity index (χ2n) is 7.98. The normalized spacial score (nSPS) is 18.5. The van der Waals surface area contributed by atoms with E-state index in [9.17, 15) is 4.79 Å². The first-order chi connectivity index (χ1) is 15.3. The molecule has 1 amide bonds. The molecule has 5 heterocycles. The highest BCUT2D eigenvalue weighted by Crippen LogP contribution is 2.29. The molecule has 1 fully saturated rings. The first-order valence-corrected chi connectivity index (χ1v) is 10.5. The van der Waals surface area contributed by atoms with Crippen LogP contribution in [0.4, 0.5) is 0 Å². The lowest BCUT2D eigenvalue weighted by molar-refractivity contribution is 0.0727. The molecule has 0 spiro atoms. The Hall–Kier alpha value is -3.52. The molecule has 1 unspecified atom stereocenters. The van der Waals surface area contributed by atoms with Crippen molar-refractivity contribution < 1.29 is 13.9 Å². The largest absolute Gasteiger partial charge is 0.445 e. The first-order valence-electron chi connectivity index (χ1n) is 10.5. The number of para-hydroxylation sites is 1. The van der Waals surface area contributed by atoms with Gasteiger partial charge in [-0.05, 0) is 24.6 Å². The highest BCUT2D eigenvalue weighted by molar-refractivity contribution is 5.96. The number of fused-ring (bicyclic) bond motifs is 2. The Morgan fingerprint density at radius 2 is 2.06 bits per heavy atom. The van der Waals surface area contributed by atoms with Gasteiger partial charge in [-0.3, -0.25) is 9.36 Å². The summed E-state index contributed by atoms with van der Waals surface area (Å²) in [5.74, 6) is 1.79. The topological polar surface area (TPSA) is 86.3 Å². The molecule has 6 rings (SSSR count). The number of amides is 1. The molecule has 1 aromatic carbocycles. The van der Waals surface area contributed by atoms with Gasteiger partial charge in [0.15, 0.2) is 11.5 Å². The minimum absolute atomic E-state index is 0.0666. The van der Waals surface area contributed by atoms with Crippen molar-refractivity contribution in [2.75, 3.05) is 19.8 Å². The van der Waals surface area contributed by atoms with Crippen LogP contribution >= 0.6 is 0 Å². The minimum Gasteiger partial charge on any atom is -0.445 e. The third-order valence-corrected chi connectivity index (χ3v) is 5.98. The van der Waals surface area contributed by atoms with E-state index in [1.165, 1.54) is 0 Å².